The van der Waals surface area contributed by atoms with Crippen LogP contribution >= 0.6 is 15.9 Å². The second-order valence-corrected chi connectivity index (χ2v) is 5.20. The Morgan fingerprint density at radius 3 is 3.15 bits per heavy atom. The predicted molar refractivity (Wildman–Crippen MR) is 79.2 cm³/mol. The van der Waals surface area contributed by atoms with E-state index < -0.39 is 0 Å². The van der Waals surface area contributed by atoms with Crippen molar-refractivity contribution in [2.24, 2.45) is 0 Å². The molecule has 0 spiro atoms. The maximum absolute atomic E-state index is 12.0. The third kappa shape index (κ3) is 2.55. The standard InChI is InChI=1S/C14H11BrN4O/c15-11-4-9(5-16-8-11)14(20)19-7-10-6-18-13-12(10)2-1-3-17-13/h1-6,8H,7H2,(H,17,18)(H,19,20). The molecule has 3 aromatic rings. The Morgan fingerprint density at radius 1 is 1.40 bits per heavy atom. The molecule has 0 saturated carbocycles. The maximum atomic E-state index is 12.0. The quantitative estimate of drug-likeness (QED) is 0.775. The van der Waals surface area contributed by atoms with Crippen molar-refractivity contribution in [3.8, 4) is 0 Å². The summed E-state index contributed by atoms with van der Waals surface area (Å²) in [5.74, 6) is -0.156. The number of carbonyl (C=O) groups excluding carboxylic acids is 1. The molecule has 0 atom stereocenters. The molecule has 6 heteroatoms. The van der Waals surface area contributed by atoms with Crippen molar-refractivity contribution in [2.75, 3.05) is 0 Å². The van der Waals surface area contributed by atoms with Crippen LogP contribution in [-0.4, -0.2) is 20.9 Å². The van der Waals surface area contributed by atoms with E-state index in [1.165, 1.54) is 6.20 Å². The summed E-state index contributed by atoms with van der Waals surface area (Å²) >= 11 is 3.30. The number of nitrogens with zero attached hydrogens (tertiary/aromatic N) is 2. The van der Waals surface area contributed by atoms with Crippen LogP contribution in [-0.2, 0) is 6.54 Å². The second-order valence-electron chi connectivity index (χ2n) is 4.29. The maximum Gasteiger partial charge on any atom is 0.253 e. The number of amides is 1. The van der Waals surface area contributed by atoms with E-state index in [1.807, 2.05) is 18.3 Å². The highest BCUT2D eigenvalue weighted by molar-refractivity contribution is 9.10. The van der Waals surface area contributed by atoms with Crippen LogP contribution in [0.25, 0.3) is 11.0 Å². The molecule has 100 valence electrons. The van der Waals surface area contributed by atoms with Gasteiger partial charge in [0.2, 0.25) is 0 Å². The molecule has 5 nitrogen and oxygen atoms in total. The van der Waals surface area contributed by atoms with Gasteiger partial charge in [-0.2, -0.15) is 0 Å². The van der Waals surface area contributed by atoms with Gasteiger partial charge < -0.3 is 10.3 Å². The lowest BCUT2D eigenvalue weighted by atomic mass is 10.2. The molecule has 0 saturated heterocycles. The fourth-order valence-electron chi connectivity index (χ4n) is 1.97. The fraction of sp³-hybridized carbons (Fsp3) is 0.0714. The number of pyridine rings is 2. The Kier molecular flexibility index (Phi) is 3.47. The minimum Gasteiger partial charge on any atom is -0.348 e. The topological polar surface area (TPSA) is 70.7 Å². The number of carbonyl (C=O) groups is 1. The van der Waals surface area contributed by atoms with E-state index in [0.717, 1.165) is 21.1 Å². The zero-order valence-corrected chi connectivity index (χ0v) is 12.0. The summed E-state index contributed by atoms with van der Waals surface area (Å²) in [5, 5.41) is 3.89. The number of aromatic amines is 1. The molecule has 0 aliphatic heterocycles. The molecule has 0 aromatic carbocycles. The average Bonchev–Trinajstić information content (AvgIpc) is 2.88. The Labute approximate surface area is 123 Å². The van der Waals surface area contributed by atoms with Gasteiger partial charge in [-0.1, -0.05) is 0 Å². The van der Waals surface area contributed by atoms with Gasteiger partial charge in [-0.3, -0.25) is 9.78 Å². The highest BCUT2D eigenvalue weighted by atomic mass is 79.9. The van der Waals surface area contributed by atoms with Crippen molar-refractivity contribution in [1.29, 1.82) is 0 Å². The Balaban J connectivity index is 1.75. The Hall–Kier alpha value is -2.21. The highest BCUT2D eigenvalue weighted by Gasteiger charge is 2.08. The lowest BCUT2D eigenvalue weighted by Crippen LogP contribution is -2.22. The van der Waals surface area contributed by atoms with Crippen molar-refractivity contribution in [3.05, 3.63) is 58.6 Å². The van der Waals surface area contributed by atoms with Gasteiger partial charge in [-0.15, -0.1) is 0 Å². The van der Waals surface area contributed by atoms with Crippen molar-refractivity contribution in [1.82, 2.24) is 20.3 Å². The van der Waals surface area contributed by atoms with Gasteiger partial charge in [0, 0.05) is 41.2 Å². The first kappa shape index (κ1) is 12.8. The normalized spacial score (nSPS) is 10.7. The first-order chi connectivity index (χ1) is 9.74. The molecule has 0 fully saturated rings. The molecule has 2 N–H and O–H groups in total. The third-order valence-electron chi connectivity index (χ3n) is 2.94. The van der Waals surface area contributed by atoms with Gasteiger partial charge >= 0.3 is 0 Å². The fourth-order valence-corrected chi connectivity index (χ4v) is 2.34. The van der Waals surface area contributed by atoms with Crippen LogP contribution in [0.3, 0.4) is 0 Å². The number of hydrogen-bond acceptors (Lipinski definition) is 3. The molecule has 0 aliphatic rings. The lowest BCUT2D eigenvalue weighted by Gasteiger charge is -2.04. The first-order valence-corrected chi connectivity index (χ1v) is 6.83. The van der Waals surface area contributed by atoms with Crippen molar-refractivity contribution in [2.45, 2.75) is 6.54 Å². The van der Waals surface area contributed by atoms with E-state index in [9.17, 15) is 4.79 Å². The van der Waals surface area contributed by atoms with Gasteiger partial charge in [0.15, 0.2) is 0 Å². The zero-order valence-electron chi connectivity index (χ0n) is 10.4. The van der Waals surface area contributed by atoms with Crippen LogP contribution in [0.5, 0.6) is 0 Å². The van der Waals surface area contributed by atoms with Gasteiger partial charge in [0.05, 0.1) is 5.56 Å². The van der Waals surface area contributed by atoms with Crippen molar-refractivity contribution < 1.29 is 4.79 Å². The van der Waals surface area contributed by atoms with Crippen molar-refractivity contribution >= 4 is 32.9 Å². The number of nitrogens with one attached hydrogen (secondary N) is 2. The monoisotopic (exact) mass is 330 g/mol. The molecular formula is C14H11BrN4O. The van der Waals surface area contributed by atoms with E-state index in [4.69, 9.17) is 0 Å². The first-order valence-electron chi connectivity index (χ1n) is 6.04. The summed E-state index contributed by atoms with van der Waals surface area (Å²) in [6.07, 6.45) is 6.77. The van der Waals surface area contributed by atoms with Crippen LogP contribution in [0, 0.1) is 0 Å². The molecule has 0 aliphatic carbocycles. The summed E-state index contributed by atoms with van der Waals surface area (Å²) in [4.78, 5) is 23.3. The van der Waals surface area contributed by atoms with E-state index in [-0.39, 0.29) is 5.91 Å². The molecule has 20 heavy (non-hydrogen) atoms. The molecule has 3 aromatic heterocycles. The Bertz CT molecular complexity index is 768. The summed E-state index contributed by atoms with van der Waals surface area (Å²) in [5.41, 5.74) is 2.35. The summed E-state index contributed by atoms with van der Waals surface area (Å²) in [7, 11) is 0. The van der Waals surface area contributed by atoms with Crippen molar-refractivity contribution in [3.63, 3.8) is 0 Å². The largest absolute Gasteiger partial charge is 0.348 e. The minimum atomic E-state index is -0.156. The average molecular weight is 331 g/mol. The predicted octanol–water partition coefficient (Wildman–Crippen LogP) is 2.65. The number of halogens is 1. The lowest BCUT2D eigenvalue weighted by molar-refractivity contribution is 0.0950. The molecule has 3 rings (SSSR count). The van der Waals surface area contributed by atoms with Crippen LogP contribution in [0.2, 0.25) is 0 Å². The van der Waals surface area contributed by atoms with Gasteiger partial charge in [-0.05, 0) is 39.7 Å². The number of hydrogen-bond donors (Lipinski definition) is 2. The zero-order chi connectivity index (χ0) is 13.9. The number of H-pyrrole nitrogens is 1. The van der Waals surface area contributed by atoms with Gasteiger partial charge in [0.1, 0.15) is 5.65 Å². The van der Waals surface area contributed by atoms with E-state index in [1.54, 1.807) is 18.5 Å². The summed E-state index contributed by atoms with van der Waals surface area (Å²) < 4.78 is 0.779. The summed E-state index contributed by atoms with van der Waals surface area (Å²) in [6, 6.07) is 5.58. The van der Waals surface area contributed by atoms with Crippen LogP contribution in [0.1, 0.15) is 15.9 Å². The van der Waals surface area contributed by atoms with E-state index in [0.29, 0.717) is 12.1 Å². The summed E-state index contributed by atoms with van der Waals surface area (Å²) in [6.45, 7) is 0.442. The number of aromatic nitrogens is 3. The molecule has 1 amide bonds. The minimum absolute atomic E-state index is 0.156. The van der Waals surface area contributed by atoms with Crippen LogP contribution < -0.4 is 5.32 Å². The molecule has 3 heterocycles. The number of fused-ring (bicyclic) bond motifs is 1. The molecule has 0 radical (unpaired) electrons. The van der Waals surface area contributed by atoms with Gasteiger partial charge in [0.25, 0.3) is 5.91 Å². The van der Waals surface area contributed by atoms with Gasteiger partial charge in [-0.25, -0.2) is 4.98 Å². The smallest absolute Gasteiger partial charge is 0.253 e. The second kappa shape index (κ2) is 5.42. The van der Waals surface area contributed by atoms with E-state index >= 15 is 0 Å². The third-order valence-corrected chi connectivity index (χ3v) is 3.38. The molecular weight excluding hydrogens is 320 g/mol. The van der Waals surface area contributed by atoms with Crippen LogP contribution in [0.4, 0.5) is 0 Å². The van der Waals surface area contributed by atoms with E-state index in [2.05, 4.69) is 36.2 Å². The van der Waals surface area contributed by atoms with Crippen LogP contribution in [0.15, 0.2) is 47.5 Å². The molecule has 0 bridgehead atoms. The Morgan fingerprint density at radius 2 is 2.30 bits per heavy atom. The number of rotatable bonds is 3. The SMILES string of the molecule is O=C(NCc1c[nH]c2ncccc12)c1cncc(Br)c1. The molecule has 0 unspecified atom stereocenters. The highest BCUT2D eigenvalue weighted by Crippen LogP contribution is 2.15.